The standard InChI is InChI=1S/C14H22FNO2/c1-10(2)16(8-9-18-4)14-12(11(3)17)6-5-7-13(14)15/h5-7,10-11,17H,8-9H2,1-4H3/t11-/m0/s1. The van der Waals surface area contributed by atoms with E-state index < -0.39 is 6.10 Å². The van der Waals surface area contributed by atoms with Gasteiger partial charge in [0.15, 0.2) is 0 Å². The third kappa shape index (κ3) is 3.43. The molecule has 0 spiro atoms. The fourth-order valence-electron chi connectivity index (χ4n) is 1.99. The predicted octanol–water partition coefficient (Wildman–Crippen LogP) is 2.74. The molecule has 0 aromatic heterocycles. The SMILES string of the molecule is COCCN(c1c(F)cccc1[C@H](C)O)C(C)C. The van der Waals surface area contributed by atoms with E-state index in [1.54, 1.807) is 26.2 Å². The molecule has 1 aromatic carbocycles. The molecule has 0 saturated carbocycles. The second-order valence-corrected chi connectivity index (χ2v) is 4.63. The van der Waals surface area contributed by atoms with Crippen LogP contribution in [0.3, 0.4) is 0 Å². The molecule has 1 atom stereocenters. The largest absolute Gasteiger partial charge is 0.389 e. The highest BCUT2D eigenvalue weighted by Crippen LogP contribution is 2.30. The number of hydrogen-bond acceptors (Lipinski definition) is 3. The molecule has 0 aliphatic heterocycles. The van der Waals surface area contributed by atoms with Crippen LogP contribution in [0.15, 0.2) is 18.2 Å². The van der Waals surface area contributed by atoms with Crippen LogP contribution < -0.4 is 4.90 Å². The maximum absolute atomic E-state index is 14.1. The molecular formula is C14H22FNO2. The van der Waals surface area contributed by atoms with E-state index in [1.165, 1.54) is 6.07 Å². The highest BCUT2D eigenvalue weighted by Gasteiger charge is 2.20. The van der Waals surface area contributed by atoms with E-state index in [0.717, 1.165) is 0 Å². The van der Waals surface area contributed by atoms with Crippen molar-refractivity contribution in [1.29, 1.82) is 0 Å². The molecular weight excluding hydrogens is 233 g/mol. The number of aliphatic hydroxyl groups is 1. The van der Waals surface area contributed by atoms with Crippen molar-refractivity contribution in [3.8, 4) is 0 Å². The van der Waals surface area contributed by atoms with Gasteiger partial charge in [0.25, 0.3) is 0 Å². The Morgan fingerprint density at radius 3 is 2.50 bits per heavy atom. The van der Waals surface area contributed by atoms with Crippen LogP contribution in [0.25, 0.3) is 0 Å². The molecule has 1 aromatic rings. The monoisotopic (exact) mass is 255 g/mol. The first kappa shape index (κ1) is 14.9. The summed E-state index contributed by atoms with van der Waals surface area (Å²) in [6.07, 6.45) is -0.695. The number of anilines is 1. The van der Waals surface area contributed by atoms with Gasteiger partial charge in [-0.2, -0.15) is 0 Å². The maximum atomic E-state index is 14.1. The Morgan fingerprint density at radius 2 is 2.00 bits per heavy atom. The van der Waals surface area contributed by atoms with Gasteiger partial charge >= 0.3 is 0 Å². The van der Waals surface area contributed by atoms with E-state index >= 15 is 0 Å². The Balaban J connectivity index is 3.17. The van der Waals surface area contributed by atoms with Crippen molar-refractivity contribution in [1.82, 2.24) is 0 Å². The molecule has 0 radical (unpaired) electrons. The Hall–Kier alpha value is -1.13. The van der Waals surface area contributed by atoms with Crippen molar-refractivity contribution in [2.45, 2.75) is 32.9 Å². The molecule has 0 saturated heterocycles. The molecule has 0 unspecified atom stereocenters. The average molecular weight is 255 g/mol. The lowest BCUT2D eigenvalue weighted by Gasteiger charge is -2.31. The first-order valence-electron chi connectivity index (χ1n) is 6.21. The quantitative estimate of drug-likeness (QED) is 0.848. The van der Waals surface area contributed by atoms with Crippen LogP contribution in [0, 0.1) is 5.82 Å². The van der Waals surface area contributed by atoms with E-state index in [2.05, 4.69) is 0 Å². The van der Waals surface area contributed by atoms with Gasteiger partial charge in [-0.1, -0.05) is 12.1 Å². The van der Waals surface area contributed by atoms with E-state index in [-0.39, 0.29) is 11.9 Å². The van der Waals surface area contributed by atoms with Crippen LogP contribution in [0.5, 0.6) is 0 Å². The van der Waals surface area contributed by atoms with Crippen molar-refractivity contribution >= 4 is 5.69 Å². The summed E-state index contributed by atoms with van der Waals surface area (Å²) in [5.41, 5.74) is 1.08. The highest BCUT2D eigenvalue weighted by atomic mass is 19.1. The maximum Gasteiger partial charge on any atom is 0.146 e. The molecule has 0 aliphatic carbocycles. The third-order valence-corrected chi connectivity index (χ3v) is 2.91. The second-order valence-electron chi connectivity index (χ2n) is 4.63. The summed E-state index contributed by atoms with van der Waals surface area (Å²) in [6.45, 7) is 6.75. The van der Waals surface area contributed by atoms with Gasteiger partial charge in [-0.25, -0.2) is 4.39 Å². The summed E-state index contributed by atoms with van der Waals surface area (Å²) in [6, 6.07) is 4.93. The molecule has 0 heterocycles. The Bertz CT molecular complexity index is 380. The number of aliphatic hydroxyl groups excluding tert-OH is 1. The first-order chi connectivity index (χ1) is 8.49. The van der Waals surface area contributed by atoms with Crippen molar-refractivity contribution < 1.29 is 14.2 Å². The van der Waals surface area contributed by atoms with Gasteiger partial charge in [0, 0.05) is 25.3 Å². The number of nitrogens with zero attached hydrogens (tertiary/aromatic N) is 1. The van der Waals surface area contributed by atoms with E-state index in [0.29, 0.717) is 24.4 Å². The normalized spacial score (nSPS) is 12.8. The predicted molar refractivity (Wildman–Crippen MR) is 71.4 cm³/mol. The Kier molecular flexibility index (Phi) is 5.56. The van der Waals surface area contributed by atoms with Gasteiger partial charge < -0.3 is 14.7 Å². The summed E-state index contributed by atoms with van der Waals surface area (Å²) in [7, 11) is 1.62. The van der Waals surface area contributed by atoms with Gasteiger partial charge in [-0.3, -0.25) is 0 Å². The third-order valence-electron chi connectivity index (χ3n) is 2.91. The van der Waals surface area contributed by atoms with Crippen LogP contribution in [0.1, 0.15) is 32.4 Å². The van der Waals surface area contributed by atoms with Crippen molar-refractivity contribution in [3.05, 3.63) is 29.6 Å². The molecule has 3 nitrogen and oxygen atoms in total. The van der Waals surface area contributed by atoms with Crippen LogP contribution in [-0.4, -0.2) is 31.4 Å². The molecule has 0 amide bonds. The Labute approximate surface area is 108 Å². The fourth-order valence-corrected chi connectivity index (χ4v) is 1.99. The van der Waals surface area contributed by atoms with E-state index in [9.17, 15) is 9.50 Å². The molecule has 1 rings (SSSR count). The molecule has 4 heteroatoms. The number of ether oxygens (including phenoxy) is 1. The van der Waals surface area contributed by atoms with Crippen LogP contribution in [0.4, 0.5) is 10.1 Å². The zero-order valence-corrected chi connectivity index (χ0v) is 11.5. The van der Waals surface area contributed by atoms with Gasteiger partial charge in [0.05, 0.1) is 18.4 Å². The smallest absolute Gasteiger partial charge is 0.146 e. The molecule has 0 bridgehead atoms. The number of para-hydroxylation sites is 1. The van der Waals surface area contributed by atoms with Crippen molar-refractivity contribution in [2.75, 3.05) is 25.2 Å². The van der Waals surface area contributed by atoms with Gasteiger partial charge in [-0.15, -0.1) is 0 Å². The van der Waals surface area contributed by atoms with E-state index in [4.69, 9.17) is 4.74 Å². The second kappa shape index (κ2) is 6.71. The summed E-state index contributed by atoms with van der Waals surface area (Å²) in [4.78, 5) is 1.92. The lowest BCUT2D eigenvalue weighted by Crippen LogP contribution is -2.35. The number of rotatable bonds is 6. The van der Waals surface area contributed by atoms with Crippen molar-refractivity contribution in [3.63, 3.8) is 0 Å². The molecule has 102 valence electrons. The average Bonchev–Trinajstić information content (AvgIpc) is 2.30. The van der Waals surface area contributed by atoms with Gasteiger partial charge in [-0.05, 0) is 26.8 Å². The van der Waals surface area contributed by atoms with Crippen molar-refractivity contribution in [2.24, 2.45) is 0 Å². The lowest BCUT2D eigenvalue weighted by molar-refractivity contribution is 0.196. The van der Waals surface area contributed by atoms with Crippen LogP contribution >= 0.6 is 0 Å². The minimum Gasteiger partial charge on any atom is -0.389 e. The zero-order valence-electron chi connectivity index (χ0n) is 11.5. The minimum absolute atomic E-state index is 0.134. The van der Waals surface area contributed by atoms with Crippen LogP contribution in [0.2, 0.25) is 0 Å². The van der Waals surface area contributed by atoms with Crippen LogP contribution in [-0.2, 0) is 4.74 Å². The summed E-state index contributed by atoms with van der Waals surface area (Å²) in [5.74, 6) is -0.307. The molecule has 0 aliphatic rings. The number of benzene rings is 1. The molecule has 1 N–H and O–H groups in total. The summed E-state index contributed by atoms with van der Waals surface area (Å²) >= 11 is 0. The molecule has 18 heavy (non-hydrogen) atoms. The number of methoxy groups -OCH3 is 1. The lowest BCUT2D eigenvalue weighted by atomic mass is 10.1. The summed E-state index contributed by atoms with van der Waals surface area (Å²) in [5, 5.41) is 9.76. The Morgan fingerprint density at radius 1 is 1.33 bits per heavy atom. The number of hydrogen-bond donors (Lipinski definition) is 1. The number of halogens is 1. The van der Waals surface area contributed by atoms with E-state index in [1.807, 2.05) is 18.7 Å². The highest BCUT2D eigenvalue weighted by molar-refractivity contribution is 5.56. The molecule has 0 fully saturated rings. The fraction of sp³-hybridized carbons (Fsp3) is 0.571. The first-order valence-corrected chi connectivity index (χ1v) is 6.21. The zero-order chi connectivity index (χ0) is 13.7. The minimum atomic E-state index is -0.695. The van der Waals surface area contributed by atoms with Gasteiger partial charge in [0.1, 0.15) is 5.82 Å². The topological polar surface area (TPSA) is 32.7 Å². The van der Waals surface area contributed by atoms with Gasteiger partial charge in [0.2, 0.25) is 0 Å². The summed E-state index contributed by atoms with van der Waals surface area (Å²) < 4.78 is 19.1.